The van der Waals surface area contributed by atoms with E-state index in [1.165, 1.54) is 14.2 Å². The van der Waals surface area contributed by atoms with Gasteiger partial charge in [0.1, 0.15) is 5.56 Å². The summed E-state index contributed by atoms with van der Waals surface area (Å²) in [5.74, 6) is -1.66. The quantitative estimate of drug-likeness (QED) is 0.230. The summed E-state index contributed by atoms with van der Waals surface area (Å²) < 4.78 is 37.0. The minimum absolute atomic E-state index is 0.0238. The number of piperidine rings is 4. The Morgan fingerprint density at radius 2 is 1.21 bits per heavy atom. The van der Waals surface area contributed by atoms with E-state index in [2.05, 4.69) is 57.7 Å². The molecule has 10 aliphatic heterocycles. The number of para-hydroxylation sites is 2. The molecule has 10 heterocycles. The first-order valence-electron chi connectivity index (χ1n) is 22.5. The first-order chi connectivity index (χ1) is 30.5. The molecule has 0 aromatic heterocycles. The number of phenolic OH excluding ortho intramolecular Hbond substituents is 1. The van der Waals surface area contributed by atoms with Gasteiger partial charge in [-0.3, -0.25) is 9.80 Å². The average molecular weight is 855 g/mol. The zero-order chi connectivity index (χ0) is 42.9. The van der Waals surface area contributed by atoms with Crippen molar-refractivity contribution in [3.05, 3.63) is 106 Å². The number of rotatable bonds is 2. The molecule has 3 aromatic carbocycles. The summed E-state index contributed by atoms with van der Waals surface area (Å²) in [7, 11) is 2.79. The summed E-state index contributed by atoms with van der Waals surface area (Å²) >= 11 is 0. The monoisotopic (exact) mass is 854 g/mol. The molecule has 326 valence electrons. The van der Waals surface area contributed by atoms with E-state index in [9.17, 15) is 14.7 Å². The molecule has 4 saturated heterocycles. The van der Waals surface area contributed by atoms with Gasteiger partial charge in [-0.1, -0.05) is 36.4 Å². The molecular formula is C49H50N4O10. The average Bonchev–Trinajstić information content (AvgIpc) is 3.89. The maximum atomic E-state index is 15.1. The fourth-order valence-electron chi connectivity index (χ4n) is 14.8. The fraction of sp³-hybridized carbons (Fsp3) is 0.490. The number of phenols is 1. The van der Waals surface area contributed by atoms with Crippen molar-refractivity contribution in [2.24, 2.45) is 23.7 Å². The SMILES string of the molecule is COC(=O)C1=CO[C@@H](C)[C@H]2CN3CC[C@]45c6ccccc6N[C@]4(Oc4c5cc5c(c4O)C(=O)O[C@]46Nc7ccccc7[C@]54CCN4C[C@@H]5[C@H](C)OC=C(C(=O)OC)[C@H]5C[C@H]46)[C@@H]3C[C@H]12. The van der Waals surface area contributed by atoms with Crippen LogP contribution in [0, 0.1) is 23.7 Å². The number of hydrogen-bond acceptors (Lipinski definition) is 14. The van der Waals surface area contributed by atoms with Crippen LogP contribution >= 0.6 is 0 Å². The minimum atomic E-state index is -1.29. The van der Waals surface area contributed by atoms with Gasteiger partial charge in [0.05, 0.1) is 73.0 Å². The van der Waals surface area contributed by atoms with Gasteiger partial charge in [0.2, 0.25) is 11.4 Å². The first-order valence-corrected chi connectivity index (χ1v) is 22.5. The lowest BCUT2D eigenvalue weighted by molar-refractivity contribution is -0.154. The van der Waals surface area contributed by atoms with Gasteiger partial charge in [0, 0.05) is 66.8 Å². The smallest absolute Gasteiger partial charge is 0.344 e. The number of nitrogens with zero attached hydrogens (tertiary/aromatic N) is 2. The summed E-state index contributed by atoms with van der Waals surface area (Å²) in [5.41, 5.74) is 2.49. The first kappa shape index (κ1) is 37.8. The highest BCUT2D eigenvalue weighted by Gasteiger charge is 2.76. The van der Waals surface area contributed by atoms with Crippen LogP contribution in [0.5, 0.6) is 11.5 Å². The molecule has 14 heteroatoms. The third-order valence-corrected chi connectivity index (χ3v) is 17.5. The van der Waals surface area contributed by atoms with Gasteiger partial charge in [-0.2, -0.15) is 0 Å². The number of ether oxygens (including phenoxy) is 6. The van der Waals surface area contributed by atoms with Crippen molar-refractivity contribution >= 4 is 29.3 Å². The Balaban J connectivity index is 1.00. The van der Waals surface area contributed by atoms with Crippen molar-refractivity contribution in [1.82, 2.24) is 9.80 Å². The molecule has 3 aromatic rings. The lowest BCUT2D eigenvalue weighted by atomic mass is 9.55. The summed E-state index contributed by atoms with van der Waals surface area (Å²) in [4.78, 5) is 46.6. The molecule has 0 saturated carbocycles. The van der Waals surface area contributed by atoms with Crippen molar-refractivity contribution in [2.45, 2.75) is 86.1 Å². The van der Waals surface area contributed by atoms with Gasteiger partial charge in [0.25, 0.3) is 0 Å². The molecule has 13 rings (SSSR count). The number of nitrogens with one attached hydrogen (secondary N) is 2. The molecule has 12 atom stereocenters. The molecule has 0 radical (unpaired) electrons. The predicted octanol–water partition coefficient (Wildman–Crippen LogP) is 5.14. The Morgan fingerprint density at radius 1 is 0.714 bits per heavy atom. The zero-order valence-electron chi connectivity index (χ0n) is 35.6. The van der Waals surface area contributed by atoms with Crippen molar-refractivity contribution in [3.8, 4) is 11.5 Å². The number of aromatic hydroxyl groups is 1. The number of anilines is 2. The maximum absolute atomic E-state index is 15.1. The standard InChI is InChI=1S/C49H50N4O10/c1-24-28-20-52-16-14-47-33-10-6-8-12-37(33)50-48(47,38(52)17-26(28)30(22-60-24)43(55)58-3)62-42-35(47)19-34-40(41(42)54)45(57)63-49-39-18-27-29(25(2)61-23-31(27)44(56)59-4)21-53(39)15-13-46(34,49)32-9-5-7-11-36(32)51-49/h5-12,19,22-29,38-39,50-51,54H,13-18,20-21H2,1-4H3/t24-,25-,26-,27-,28+,29+,38-,39-,46+,47+,48-,49-/m0/s1. The maximum Gasteiger partial charge on any atom is 0.344 e. The molecule has 14 nitrogen and oxygen atoms in total. The number of fused-ring (bicyclic) bond motifs is 8. The van der Waals surface area contributed by atoms with Crippen LogP contribution in [-0.4, -0.2) is 109 Å². The van der Waals surface area contributed by atoms with Gasteiger partial charge < -0.3 is 44.2 Å². The number of hydrogen-bond donors (Lipinski definition) is 3. The molecule has 0 amide bonds. The number of esters is 3. The lowest BCUT2D eigenvalue weighted by Gasteiger charge is -2.62. The van der Waals surface area contributed by atoms with Crippen molar-refractivity contribution in [2.75, 3.05) is 51.0 Å². The topological polar surface area (TPSA) is 157 Å². The molecule has 10 aliphatic rings. The van der Waals surface area contributed by atoms with E-state index in [0.29, 0.717) is 56.5 Å². The van der Waals surface area contributed by atoms with E-state index in [4.69, 9.17) is 28.4 Å². The Bertz CT molecular complexity index is 2650. The van der Waals surface area contributed by atoms with E-state index < -0.39 is 40.2 Å². The summed E-state index contributed by atoms with van der Waals surface area (Å²) in [6.45, 7) is 6.84. The van der Waals surface area contributed by atoms with E-state index in [0.717, 1.165) is 40.2 Å². The molecule has 0 spiro atoms. The molecule has 3 N–H and O–H groups in total. The van der Waals surface area contributed by atoms with Crippen molar-refractivity contribution in [3.63, 3.8) is 0 Å². The van der Waals surface area contributed by atoms with Crippen LogP contribution in [0.25, 0.3) is 0 Å². The Hall–Kier alpha value is -5.73. The summed E-state index contributed by atoms with van der Waals surface area (Å²) in [5, 5.41) is 20.6. The highest BCUT2D eigenvalue weighted by molar-refractivity contribution is 6.00. The number of methoxy groups -OCH3 is 2. The van der Waals surface area contributed by atoms with Crippen LogP contribution in [0.3, 0.4) is 0 Å². The molecule has 0 bridgehead atoms. The number of carbonyl (C=O) groups excluding carboxylic acids is 3. The van der Waals surface area contributed by atoms with E-state index in [-0.39, 0.29) is 65.0 Å². The zero-order valence-corrected chi connectivity index (χ0v) is 35.6. The van der Waals surface area contributed by atoms with Gasteiger partial charge in [-0.15, -0.1) is 0 Å². The predicted molar refractivity (Wildman–Crippen MR) is 226 cm³/mol. The van der Waals surface area contributed by atoms with Gasteiger partial charge >= 0.3 is 17.9 Å². The molecule has 0 unspecified atom stereocenters. The van der Waals surface area contributed by atoms with Crippen molar-refractivity contribution < 1.29 is 47.9 Å². The largest absolute Gasteiger partial charge is 0.504 e. The van der Waals surface area contributed by atoms with E-state index in [1.54, 1.807) is 12.5 Å². The minimum Gasteiger partial charge on any atom is -0.504 e. The lowest BCUT2D eigenvalue weighted by Crippen LogP contribution is -2.75. The highest BCUT2D eigenvalue weighted by Crippen LogP contribution is 2.71. The van der Waals surface area contributed by atoms with Crippen LogP contribution in [-0.2, 0) is 44.1 Å². The Labute approximate surface area is 364 Å². The van der Waals surface area contributed by atoms with Gasteiger partial charge in [0.15, 0.2) is 11.5 Å². The molecule has 4 fully saturated rings. The molecule has 63 heavy (non-hydrogen) atoms. The summed E-state index contributed by atoms with van der Waals surface area (Å²) in [6, 6.07) is 18.1. The van der Waals surface area contributed by atoms with Crippen LogP contribution in [0.2, 0.25) is 0 Å². The number of benzene rings is 3. The number of carbonyl (C=O) groups is 3. The fourth-order valence-corrected chi connectivity index (χ4v) is 14.8. The van der Waals surface area contributed by atoms with Crippen LogP contribution < -0.4 is 15.4 Å². The molecule has 0 aliphatic carbocycles. The normalized spacial score (nSPS) is 39.3. The van der Waals surface area contributed by atoms with Gasteiger partial charge in [-0.05, 0) is 74.4 Å². The van der Waals surface area contributed by atoms with E-state index in [1.807, 2.05) is 31.2 Å². The van der Waals surface area contributed by atoms with Crippen LogP contribution in [0.4, 0.5) is 11.4 Å². The van der Waals surface area contributed by atoms with Gasteiger partial charge in [-0.25, -0.2) is 14.4 Å². The highest BCUT2D eigenvalue weighted by atomic mass is 16.6. The third-order valence-electron chi connectivity index (χ3n) is 17.5. The second-order valence-electron chi connectivity index (χ2n) is 19.5. The van der Waals surface area contributed by atoms with E-state index >= 15 is 4.79 Å². The second-order valence-corrected chi connectivity index (χ2v) is 19.5. The summed E-state index contributed by atoms with van der Waals surface area (Å²) in [6.07, 6.45) is 5.27. The molecular weight excluding hydrogens is 805 g/mol. The van der Waals surface area contributed by atoms with Crippen LogP contribution in [0.1, 0.15) is 72.1 Å². The third kappa shape index (κ3) is 4.30. The Morgan fingerprint density at radius 3 is 1.73 bits per heavy atom. The van der Waals surface area contributed by atoms with Crippen LogP contribution in [0.15, 0.2) is 78.3 Å². The Kier molecular flexibility index (Phi) is 7.50. The van der Waals surface area contributed by atoms with Crippen molar-refractivity contribution in [1.29, 1.82) is 0 Å². The second kappa shape index (κ2) is 12.5.